The molecular formula is C25H37NO5S. The molecule has 1 aliphatic rings. The number of ether oxygens (including phenoxy) is 1. The van der Waals surface area contributed by atoms with Gasteiger partial charge in [0, 0.05) is 18.0 Å². The molecular weight excluding hydrogens is 426 g/mol. The van der Waals surface area contributed by atoms with Gasteiger partial charge in [0.1, 0.15) is 5.75 Å². The Bertz CT molecular complexity index is 951. The zero-order chi connectivity index (χ0) is 23.8. The molecule has 1 aromatic rings. The first-order valence-electron chi connectivity index (χ1n) is 11.4. The summed E-state index contributed by atoms with van der Waals surface area (Å²) in [6.07, 6.45) is 12.1. The smallest absolute Gasteiger partial charge is 0.303 e. The third-order valence-electron chi connectivity index (χ3n) is 6.18. The van der Waals surface area contributed by atoms with E-state index in [9.17, 15) is 13.2 Å². The van der Waals surface area contributed by atoms with Crippen molar-refractivity contribution in [3.8, 4) is 5.75 Å². The molecule has 0 spiro atoms. The van der Waals surface area contributed by atoms with Gasteiger partial charge >= 0.3 is 5.97 Å². The Hall–Kier alpha value is -2.12. The van der Waals surface area contributed by atoms with E-state index in [4.69, 9.17) is 9.84 Å². The largest absolute Gasteiger partial charge is 0.496 e. The highest BCUT2D eigenvalue weighted by Crippen LogP contribution is 2.40. The fourth-order valence-electron chi connectivity index (χ4n) is 4.35. The molecule has 0 fully saturated rings. The van der Waals surface area contributed by atoms with E-state index in [2.05, 4.69) is 12.2 Å². The van der Waals surface area contributed by atoms with Gasteiger partial charge in [0.15, 0.2) is 9.84 Å². The molecule has 2 unspecified atom stereocenters. The van der Waals surface area contributed by atoms with Crippen LogP contribution in [0.25, 0.3) is 0 Å². The molecule has 6 nitrogen and oxygen atoms in total. The van der Waals surface area contributed by atoms with Gasteiger partial charge in [-0.05, 0) is 55.9 Å². The predicted octanol–water partition coefficient (Wildman–Crippen LogP) is 4.99. The molecule has 178 valence electrons. The number of benzene rings is 1. The maximum absolute atomic E-state index is 13.6. The van der Waals surface area contributed by atoms with Crippen molar-refractivity contribution in [2.24, 2.45) is 0 Å². The summed E-state index contributed by atoms with van der Waals surface area (Å²) in [7, 11) is -2.06. The van der Waals surface area contributed by atoms with E-state index in [1.165, 1.54) is 7.11 Å². The first kappa shape index (κ1) is 26.1. The molecule has 1 heterocycles. The highest BCUT2D eigenvalue weighted by Gasteiger charge is 2.41. The van der Waals surface area contributed by atoms with E-state index in [0.29, 0.717) is 34.6 Å². The Balaban J connectivity index is 2.64. The molecule has 1 aliphatic heterocycles. The summed E-state index contributed by atoms with van der Waals surface area (Å²) in [4.78, 5) is 11.4. The van der Waals surface area contributed by atoms with Crippen molar-refractivity contribution in [3.63, 3.8) is 0 Å². The zero-order valence-electron chi connectivity index (χ0n) is 19.7. The van der Waals surface area contributed by atoms with E-state index in [0.717, 1.165) is 19.3 Å². The van der Waals surface area contributed by atoms with Crippen LogP contribution in [0.1, 0.15) is 76.5 Å². The van der Waals surface area contributed by atoms with Gasteiger partial charge in [-0.2, -0.15) is 0 Å². The summed E-state index contributed by atoms with van der Waals surface area (Å²) in [5.74, 6) is -0.367. The van der Waals surface area contributed by atoms with Gasteiger partial charge in [-0.1, -0.05) is 51.0 Å². The number of rotatable bonds is 11. The second-order valence-corrected chi connectivity index (χ2v) is 10.4. The number of aryl methyl sites for hydroxylation is 1. The predicted molar refractivity (Wildman–Crippen MR) is 128 cm³/mol. The molecule has 1 aromatic carbocycles. The number of allylic oxidation sites excluding steroid dienone is 3. The number of sulfone groups is 1. The molecule has 2 rings (SSSR count). The molecule has 32 heavy (non-hydrogen) atoms. The Morgan fingerprint density at radius 3 is 2.66 bits per heavy atom. The van der Waals surface area contributed by atoms with E-state index in [1.54, 1.807) is 12.1 Å². The monoisotopic (exact) mass is 463 g/mol. The average Bonchev–Trinajstić information content (AvgIpc) is 2.85. The summed E-state index contributed by atoms with van der Waals surface area (Å²) in [5.41, 5.74) is 0.789. The lowest BCUT2D eigenvalue weighted by Crippen LogP contribution is -2.49. The van der Waals surface area contributed by atoms with Crippen LogP contribution in [0.3, 0.4) is 0 Å². The Labute approximate surface area is 192 Å². The molecule has 0 saturated heterocycles. The lowest BCUT2D eigenvalue weighted by Gasteiger charge is -2.35. The second-order valence-electron chi connectivity index (χ2n) is 8.48. The fourth-order valence-corrected chi connectivity index (χ4v) is 6.54. The minimum atomic E-state index is -3.59. The van der Waals surface area contributed by atoms with Crippen LogP contribution < -0.4 is 10.1 Å². The summed E-state index contributed by atoms with van der Waals surface area (Å²) < 4.78 is 32.8. The third kappa shape index (κ3) is 6.45. The van der Waals surface area contributed by atoms with Crippen LogP contribution in [0.5, 0.6) is 5.75 Å². The molecule has 2 N–H and O–H groups in total. The van der Waals surface area contributed by atoms with Gasteiger partial charge in [-0.3, -0.25) is 4.79 Å². The number of fused-ring (bicyclic) bond motifs is 1. The van der Waals surface area contributed by atoms with Crippen molar-refractivity contribution in [1.82, 2.24) is 5.32 Å². The first-order valence-corrected chi connectivity index (χ1v) is 13.1. The molecule has 2 atom stereocenters. The highest BCUT2D eigenvalue weighted by atomic mass is 32.2. The van der Waals surface area contributed by atoms with Crippen LogP contribution >= 0.6 is 0 Å². The first-order chi connectivity index (χ1) is 15.2. The number of methoxy groups -OCH3 is 1. The topological polar surface area (TPSA) is 92.7 Å². The van der Waals surface area contributed by atoms with E-state index >= 15 is 0 Å². The minimum Gasteiger partial charge on any atom is -0.496 e. The average molecular weight is 464 g/mol. The van der Waals surface area contributed by atoms with Crippen LogP contribution in [0, 0.1) is 0 Å². The molecule has 0 aliphatic carbocycles. The second kappa shape index (κ2) is 11.7. The SMILES string of the molecule is CC=CC=CCC1NC(CC)(CCCC)CS(=O)(=O)c2cc(CCC(=O)O)c(OC)cc21. The van der Waals surface area contributed by atoms with E-state index < -0.39 is 21.3 Å². The summed E-state index contributed by atoms with van der Waals surface area (Å²) in [5, 5.41) is 12.8. The number of hydrogen-bond acceptors (Lipinski definition) is 5. The normalized spacial score (nSPS) is 22.7. The van der Waals surface area contributed by atoms with Crippen LogP contribution in [-0.2, 0) is 21.1 Å². The quantitative estimate of drug-likeness (QED) is 0.449. The van der Waals surface area contributed by atoms with E-state index in [-0.39, 0.29) is 24.6 Å². The highest BCUT2D eigenvalue weighted by molar-refractivity contribution is 7.91. The molecule has 0 aromatic heterocycles. The lowest BCUT2D eigenvalue weighted by atomic mass is 9.88. The number of unbranched alkanes of at least 4 members (excludes halogenated alkanes) is 1. The Kier molecular flexibility index (Phi) is 9.52. The molecule has 0 radical (unpaired) electrons. The number of aliphatic carboxylic acids is 1. The van der Waals surface area contributed by atoms with Gasteiger partial charge in [-0.15, -0.1) is 0 Å². The third-order valence-corrected chi connectivity index (χ3v) is 8.13. The molecule has 0 bridgehead atoms. The standard InChI is InChI=1S/C25H37NO5S/c1-5-8-10-11-12-21-20-17-22(31-4)19(13-14-24(27)28)16-23(20)32(29,30)18-25(7-3,26-21)15-9-6-2/h5,8,10-11,16-17,21,26H,6-7,9,12-15,18H2,1-4H3,(H,27,28). The van der Waals surface area contributed by atoms with Gasteiger partial charge in [0.05, 0.1) is 17.8 Å². The van der Waals surface area contributed by atoms with Gasteiger partial charge in [0.2, 0.25) is 0 Å². The van der Waals surface area contributed by atoms with Crippen molar-refractivity contribution >= 4 is 15.8 Å². The van der Waals surface area contributed by atoms with Crippen LogP contribution in [0.2, 0.25) is 0 Å². The number of carboxylic acid groups (broad SMARTS) is 1. The molecule has 0 saturated carbocycles. The van der Waals surface area contributed by atoms with Crippen LogP contribution in [-0.4, -0.2) is 37.9 Å². The van der Waals surface area contributed by atoms with Gasteiger partial charge < -0.3 is 15.2 Å². The van der Waals surface area contributed by atoms with Crippen molar-refractivity contribution in [2.75, 3.05) is 12.9 Å². The fraction of sp³-hybridized carbons (Fsp3) is 0.560. The number of carboxylic acids is 1. The van der Waals surface area contributed by atoms with Crippen LogP contribution in [0.15, 0.2) is 41.3 Å². The summed E-state index contributed by atoms with van der Waals surface area (Å²) in [6, 6.07) is 3.24. The number of nitrogens with one attached hydrogen (secondary N) is 1. The summed E-state index contributed by atoms with van der Waals surface area (Å²) >= 11 is 0. The number of hydrogen-bond donors (Lipinski definition) is 2. The van der Waals surface area contributed by atoms with Gasteiger partial charge in [0.25, 0.3) is 0 Å². The minimum absolute atomic E-state index is 0.0310. The molecule has 0 amide bonds. The number of carbonyl (C=O) groups is 1. The Morgan fingerprint density at radius 1 is 1.31 bits per heavy atom. The van der Waals surface area contributed by atoms with Crippen LogP contribution in [0.4, 0.5) is 0 Å². The zero-order valence-corrected chi connectivity index (χ0v) is 20.5. The maximum atomic E-state index is 13.6. The van der Waals surface area contributed by atoms with Crippen molar-refractivity contribution in [1.29, 1.82) is 0 Å². The van der Waals surface area contributed by atoms with Crippen molar-refractivity contribution in [3.05, 3.63) is 47.6 Å². The lowest BCUT2D eigenvalue weighted by molar-refractivity contribution is -0.136. The van der Waals surface area contributed by atoms with Gasteiger partial charge in [-0.25, -0.2) is 8.42 Å². The summed E-state index contributed by atoms with van der Waals surface area (Å²) in [6.45, 7) is 6.10. The van der Waals surface area contributed by atoms with E-state index in [1.807, 2.05) is 38.2 Å². The van der Waals surface area contributed by atoms with Crippen molar-refractivity contribution < 1.29 is 23.1 Å². The molecule has 7 heteroatoms. The van der Waals surface area contributed by atoms with Crippen molar-refractivity contribution in [2.45, 2.75) is 82.2 Å². The Morgan fingerprint density at radius 2 is 2.06 bits per heavy atom. The maximum Gasteiger partial charge on any atom is 0.303 e.